The van der Waals surface area contributed by atoms with Crippen molar-refractivity contribution >= 4 is 29.1 Å². The van der Waals surface area contributed by atoms with Crippen molar-refractivity contribution in [3.05, 3.63) is 95.6 Å². The molecule has 7 N–H and O–H groups in total. The Balaban J connectivity index is 1.61. The summed E-state index contributed by atoms with van der Waals surface area (Å²) in [5.74, 6) is 1.68. The first-order valence-corrected chi connectivity index (χ1v) is 13.5. The largest absolute Gasteiger partial charge is 0.494 e. The number of carbonyl (C=O) groups is 2. The molecule has 43 heavy (non-hydrogen) atoms. The molecule has 12 nitrogen and oxygen atoms in total. The van der Waals surface area contributed by atoms with E-state index in [1.807, 2.05) is 36.3 Å². The summed E-state index contributed by atoms with van der Waals surface area (Å²) in [5, 5.41) is 8.25. The lowest BCUT2D eigenvalue weighted by Crippen LogP contribution is -2.31. The first-order valence-electron chi connectivity index (χ1n) is 13.5. The van der Waals surface area contributed by atoms with Gasteiger partial charge in [-0.3, -0.25) is 19.6 Å². The molecule has 2 aromatic heterocycles. The number of carbonyl (C=O) groups excluding carboxylic acids is 3. The van der Waals surface area contributed by atoms with Gasteiger partial charge < -0.3 is 37.1 Å². The van der Waals surface area contributed by atoms with Gasteiger partial charge in [0.25, 0.3) is 5.91 Å². The number of allylic oxidation sites excluding steroid dienone is 1. The predicted octanol–water partition coefficient (Wildman–Crippen LogP) is 2.11. The molecule has 2 heterocycles. The normalized spacial score (nSPS) is 13.2. The quantitative estimate of drug-likeness (QED) is 0.121. The van der Waals surface area contributed by atoms with Crippen molar-refractivity contribution in [3.8, 4) is 16.9 Å². The van der Waals surface area contributed by atoms with Crippen LogP contribution in [-0.4, -0.2) is 53.8 Å². The number of nitrogens with two attached hydrogens (primary N) is 2. The van der Waals surface area contributed by atoms with Crippen LogP contribution in [-0.2, 0) is 20.9 Å². The topological polar surface area (TPSA) is 178 Å². The molecule has 0 bridgehead atoms. The number of pyridine rings is 2. The van der Waals surface area contributed by atoms with Crippen molar-refractivity contribution in [2.45, 2.75) is 19.4 Å². The van der Waals surface area contributed by atoms with Gasteiger partial charge >= 0.3 is 0 Å². The molecule has 0 radical (unpaired) electrons. The Labute approximate surface area is 249 Å². The van der Waals surface area contributed by atoms with E-state index in [-0.39, 0.29) is 34.7 Å². The monoisotopic (exact) mass is 582 g/mol. The van der Waals surface area contributed by atoms with E-state index in [1.165, 1.54) is 20.2 Å². The zero-order valence-corrected chi connectivity index (χ0v) is 24.2. The number of methoxy groups -OCH3 is 1. The second-order valence-corrected chi connectivity index (χ2v) is 9.84. The summed E-state index contributed by atoms with van der Waals surface area (Å²) in [6.45, 7) is 0.411. The third-order valence-electron chi connectivity index (χ3n) is 6.69. The van der Waals surface area contributed by atoms with Crippen LogP contribution in [0.1, 0.15) is 24.2 Å². The van der Waals surface area contributed by atoms with Crippen molar-refractivity contribution in [2.75, 3.05) is 26.5 Å². The molecule has 1 aliphatic carbocycles. The average molecular weight is 583 g/mol. The Morgan fingerprint density at radius 3 is 2.51 bits per heavy atom. The number of para-hydroxylation sites is 1. The average Bonchev–Trinajstić information content (AvgIpc) is 3.87. The van der Waals surface area contributed by atoms with E-state index < -0.39 is 5.91 Å². The molecule has 0 spiro atoms. The zero-order chi connectivity index (χ0) is 30.9. The molecule has 4 rings (SSSR count). The summed E-state index contributed by atoms with van der Waals surface area (Å²) < 4.78 is 5.75. The summed E-state index contributed by atoms with van der Waals surface area (Å²) in [6, 6.07) is 14.5. The first-order chi connectivity index (χ1) is 20.7. The van der Waals surface area contributed by atoms with Crippen LogP contribution in [0.4, 0.5) is 5.69 Å². The van der Waals surface area contributed by atoms with Crippen LogP contribution in [0.15, 0.2) is 84.2 Å². The van der Waals surface area contributed by atoms with E-state index >= 15 is 0 Å². The van der Waals surface area contributed by atoms with Crippen LogP contribution >= 0.6 is 0 Å². The number of ether oxygens (including phenoxy) is 1. The summed E-state index contributed by atoms with van der Waals surface area (Å²) in [5.41, 5.74) is 15.6. The lowest BCUT2D eigenvalue weighted by molar-refractivity contribution is -0.121. The van der Waals surface area contributed by atoms with Crippen LogP contribution in [0, 0.1) is 5.92 Å². The van der Waals surface area contributed by atoms with Gasteiger partial charge in [0.15, 0.2) is 5.94 Å². The highest BCUT2D eigenvalue weighted by molar-refractivity contribution is 5.94. The smallest absolute Gasteiger partial charge is 0.269 e. The van der Waals surface area contributed by atoms with Crippen molar-refractivity contribution in [2.24, 2.45) is 17.4 Å². The molecule has 2 amide bonds. The molecule has 3 aromatic rings. The van der Waals surface area contributed by atoms with Crippen molar-refractivity contribution in [1.29, 1.82) is 0 Å². The lowest BCUT2D eigenvalue weighted by atomic mass is 10.0. The van der Waals surface area contributed by atoms with E-state index in [0.717, 1.165) is 18.5 Å². The van der Waals surface area contributed by atoms with Gasteiger partial charge in [0.1, 0.15) is 23.0 Å². The van der Waals surface area contributed by atoms with Crippen LogP contribution < -0.4 is 32.2 Å². The van der Waals surface area contributed by atoms with E-state index in [1.54, 1.807) is 42.5 Å². The Kier molecular flexibility index (Phi) is 9.77. The third kappa shape index (κ3) is 7.57. The summed E-state index contributed by atoms with van der Waals surface area (Å²) in [4.78, 5) is 47.0. The molecule has 1 aromatic carbocycles. The fourth-order valence-electron chi connectivity index (χ4n) is 4.28. The highest BCUT2D eigenvalue weighted by atomic mass is 16.5. The molecule has 222 valence electrons. The molecule has 12 heteroatoms. The Morgan fingerprint density at radius 1 is 1.12 bits per heavy atom. The maximum absolute atomic E-state index is 12.4. The van der Waals surface area contributed by atoms with Gasteiger partial charge in [-0.15, -0.1) is 0 Å². The molecule has 1 aliphatic rings. The number of anilines is 1. The molecule has 0 unspecified atom stereocenters. The van der Waals surface area contributed by atoms with Gasteiger partial charge in [-0.1, -0.05) is 24.3 Å². The molecule has 0 aliphatic heterocycles. The molecular formula is C31H34N8O4. The summed E-state index contributed by atoms with van der Waals surface area (Å²) in [7, 11) is 4.74. The maximum Gasteiger partial charge on any atom is 0.269 e. The van der Waals surface area contributed by atoms with Crippen LogP contribution in [0.3, 0.4) is 0 Å². The van der Waals surface area contributed by atoms with E-state index in [9.17, 15) is 14.4 Å². The molecule has 0 saturated heterocycles. The van der Waals surface area contributed by atoms with E-state index in [2.05, 4.69) is 25.9 Å². The number of benzene rings is 1. The number of hydrogen-bond acceptors (Lipinski definition) is 10. The van der Waals surface area contributed by atoms with Gasteiger partial charge in [-0.05, 0) is 37.1 Å². The van der Waals surface area contributed by atoms with E-state index in [0.29, 0.717) is 34.8 Å². The minimum Gasteiger partial charge on any atom is -0.494 e. The van der Waals surface area contributed by atoms with Crippen LogP contribution in [0.25, 0.3) is 16.8 Å². The fourth-order valence-corrected chi connectivity index (χ4v) is 4.28. The minimum absolute atomic E-state index is 0.0354. The molecule has 1 saturated carbocycles. The number of likely N-dealkylation sites (N-methyl/N-ethyl adjacent to an activating group) is 1. The van der Waals surface area contributed by atoms with Gasteiger partial charge in [0.2, 0.25) is 5.91 Å². The number of aromatic nitrogens is 2. The minimum atomic E-state index is -0.540. The van der Waals surface area contributed by atoms with Gasteiger partial charge in [0, 0.05) is 49.6 Å². The van der Waals surface area contributed by atoms with Crippen molar-refractivity contribution < 1.29 is 19.1 Å². The Bertz CT molecular complexity index is 1590. The highest BCUT2D eigenvalue weighted by Gasteiger charge is 2.29. The third-order valence-corrected chi connectivity index (χ3v) is 6.69. The fraction of sp³-hybridized carbons (Fsp3) is 0.226. The number of amides is 2. The number of hydrogen-bond donors (Lipinski definition) is 5. The lowest BCUT2D eigenvalue weighted by Gasteiger charge is -2.19. The summed E-state index contributed by atoms with van der Waals surface area (Å²) in [6.07, 6.45) is 6.34. The second-order valence-electron chi connectivity index (χ2n) is 9.84. The van der Waals surface area contributed by atoms with Crippen LogP contribution in [0.5, 0.6) is 5.75 Å². The summed E-state index contributed by atoms with van der Waals surface area (Å²) >= 11 is 0. The molecule has 1 fully saturated rings. The number of nitrogens with zero attached hydrogens (tertiary/aromatic N) is 3. The predicted molar refractivity (Wildman–Crippen MR) is 163 cm³/mol. The number of nitrogens with one attached hydrogen (secondary N) is 3. The zero-order valence-electron chi connectivity index (χ0n) is 24.2. The van der Waals surface area contributed by atoms with Crippen molar-refractivity contribution in [1.82, 2.24) is 25.5 Å². The molecular weight excluding hydrogens is 548 g/mol. The van der Waals surface area contributed by atoms with Crippen molar-refractivity contribution in [3.63, 3.8) is 0 Å². The van der Waals surface area contributed by atoms with Gasteiger partial charge in [0.05, 0.1) is 36.4 Å². The Hall–Kier alpha value is -5.61. The number of rotatable bonds is 12. The molecule has 0 atom stereocenters. The van der Waals surface area contributed by atoms with Gasteiger partial charge in [-0.25, -0.2) is 4.79 Å². The first kappa shape index (κ1) is 30.4. The van der Waals surface area contributed by atoms with Crippen LogP contribution in [0.2, 0.25) is 0 Å². The standard InChI is InChI=1S/C31H34N8O4/c1-34-31(42)28(33)25(15-27(32)38-30(41)19-10-11-19)37-24-9-6-8-22(29(24)43-3)20-12-13-23(36-16-20)26(18-40)39(2)17-21-7-4-5-14-35-21/h4-9,12-16,19,37H,10-11,17,32-33H2,1-3H3,(H,34,42)(H,38,41)/b27-15+,28-25+. The van der Waals surface area contributed by atoms with E-state index in [4.69, 9.17) is 16.2 Å². The van der Waals surface area contributed by atoms with Gasteiger partial charge in [-0.2, -0.15) is 0 Å². The Morgan fingerprint density at radius 2 is 1.91 bits per heavy atom. The second kappa shape index (κ2) is 13.8. The highest BCUT2D eigenvalue weighted by Crippen LogP contribution is 2.37. The maximum atomic E-state index is 12.4. The SMILES string of the molecule is CNC(=O)/C(N)=C(/C=C(\N)NC(=O)C1CC1)Nc1cccc(-c2ccc(C(=C=O)N(C)Cc3ccccn3)nc2)c1OC.